The van der Waals surface area contributed by atoms with Crippen LogP contribution in [0, 0.1) is 5.92 Å². The van der Waals surface area contributed by atoms with E-state index in [0.29, 0.717) is 18.5 Å². The molecule has 0 spiro atoms. The molecule has 1 aromatic carbocycles. The molecule has 1 aliphatic rings. The standard InChI is InChI=1S/C23H35N5O/c1-5-21-20(22(6-2)29-27-21)14-26-23(24-4)25-13-19-12-17(3)28(16-19)15-18-10-8-7-9-11-18/h7-11,17,19H,5-6,12-16H2,1-4H3,(H2,24,25,26). The van der Waals surface area contributed by atoms with E-state index in [-0.39, 0.29) is 0 Å². The van der Waals surface area contributed by atoms with Gasteiger partial charge in [-0.3, -0.25) is 9.89 Å². The third kappa shape index (κ3) is 5.60. The maximum atomic E-state index is 5.46. The topological polar surface area (TPSA) is 65.7 Å². The molecule has 2 unspecified atom stereocenters. The van der Waals surface area contributed by atoms with Gasteiger partial charge >= 0.3 is 0 Å². The van der Waals surface area contributed by atoms with Crippen LogP contribution in [0.5, 0.6) is 0 Å². The van der Waals surface area contributed by atoms with E-state index < -0.39 is 0 Å². The number of hydrogen-bond donors (Lipinski definition) is 2. The van der Waals surface area contributed by atoms with Crippen molar-refractivity contribution >= 4 is 5.96 Å². The van der Waals surface area contributed by atoms with Crippen molar-refractivity contribution in [1.29, 1.82) is 0 Å². The van der Waals surface area contributed by atoms with E-state index in [9.17, 15) is 0 Å². The van der Waals surface area contributed by atoms with Crippen molar-refractivity contribution in [3.63, 3.8) is 0 Å². The molecule has 1 fully saturated rings. The van der Waals surface area contributed by atoms with Crippen LogP contribution in [0.2, 0.25) is 0 Å². The highest BCUT2D eigenvalue weighted by Gasteiger charge is 2.28. The average Bonchev–Trinajstić information content (AvgIpc) is 3.31. The summed E-state index contributed by atoms with van der Waals surface area (Å²) in [5, 5.41) is 11.1. The number of likely N-dealkylation sites (tertiary alicyclic amines) is 1. The van der Waals surface area contributed by atoms with Crippen LogP contribution in [0.4, 0.5) is 0 Å². The van der Waals surface area contributed by atoms with E-state index in [0.717, 1.165) is 49.9 Å². The Hall–Kier alpha value is -2.34. The van der Waals surface area contributed by atoms with Gasteiger partial charge in [0.05, 0.1) is 5.69 Å². The van der Waals surface area contributed by atoms with Gasteiger partial charge in [0, 0.05) is 51.3 Å². The number of benzene rings is 1. The van der Waals surface area contributed by atoms with Gasteiger partial charge in [-0.1, -0.05) is 49.3 Å². The fourth-order valence-corrected chi connectivity index (χ4v) is 4.18. The maximum absolute atomic E-state index is 5.46. The first-order chi connectivity index (χ1) is 14.1. The third-order valence-electron chi connectivity index (χ3n) is 5.84. The molecule has 3 rings (SSSR count). The molecule has 158 valence electrons. The zero-order valence-corrected chi connectivity index (χ0v) is 18.2. The van der Waals surface area contributed by atoms with Crippen molar-refractivity contribution in [3.8, 4) is 0 Å². The number of nitrogens with zero attached hydrogens (tertiary/aromatic N) is 3. The number of rotatable bonds is 8. The van der Waals surface area contributed by atoms with E-state index in [1.54, 1.807) is 0 Å². The summed E-state index contributed by atoms with van der Waals surface area (Å²) in [5.74, 6) is 2.43. The lowest BCUT2D eigenvalue weighted by Crippen LogP contribution is -2.40. The molecule has 1 aliphatic heterocycles. The van der Waals surface area contributed by atoms with Gasteiger partial charge < -0.3 is 15.2 Å². The summed E-state index contributed by atoms with van der Waals surface area (Å²) in [6, 6.07) is 11.3. The monoisotopic (exact) mass is 397 g/mol. The molecule has 0 bridgehead atoms. The molecule has 2 heterocycles. The lowest BCUT2D eigenvalue weighted by molar-refractivity contribution is 0.255. The van der Waals surface area contributed by atoms with Gasteiger partial charge in [0.1, 0.15) is 5.76 Å². The van der Waals surface area contributed by atoms with E-state index >= 15 is 0 Å². The van der Waals surface area contributed by atoms with Gasteiger partial charge in [0.15, 0.2) is 5.96 Å². The average molecular weight is 398 g/mol. The quantitative estimate of drug-likeness (QED) is 0.528. The summed E-state index contributed by atoms with van der Waals surface area (Å²) in [6.45, 7) is 10.3. The second-order valence-corrected chi connectivity index (χ2v) is 7.91. The summed E-state index contributed by atoms with van der Waals surface area (Å²) in [4.78, 5) is 6.97. The summed E-state index contributed by atoms with van der Waals surface area (Å²) in [5.41, 5.74) is 3.59. The van der Waals surface area contributed by atoms with Gasteiger partial charge in [-0.15, -0.1) is 0 Å². The van der Waals surface area contributed by atoms with Crippen LogP contribution in [0.25, 0.3) is 0 Å². The first-order valence-corrected chi connectivity index (χ1v) is 10.8. The van der Waals surface area contributed by atoms with E-state index in [1.165, 1.54) is 17.5 Å². The summed E-state index contributed by atoms with van der Waals surface area (Å²) in [7, 11) is 1.82. The molecule has 6 heteroatoms. The number of guanidine groups is 1. The van der Waals surface area contributed by atoms with Gasteiger partial charge in [0.25, 0.3) is 0 Å². The Kier molecular flexibility index (Phi) is 7.69. The van der Waals surface area contributed by atoms with E-state index in [1.807, 2.05) is 7.05 Å². The molecule has 6 nitrogen and oxygen atoms in total. The minimum Gasteiger partial charge on any atom is -0.361 e. The van der Waals surface area contributed by atoms with Crippen molar-refractivity contribution in [2.75, 3.05) is 20.1 Å². The number of hydrogen-bond acceptors (Lipinski definition) is 4. The first-order valence-electron chi connectivity index (χ1n) is 10.8. The number of aryl methyl sites for hydroxylation is 2. The minimum atomic E-state index is 0.605. The number of nitrogens with one attached hydrogen (secondary N) is 2. The van der Waals surface area contributed by atoms with Crippen molar-refractivity contribution in [2.45, 2.75) is 59.2 Å². The minimum absolute atomic E-state index is 0.605. The Bertz CT molecular complexity index is 764. The molecule has 0 saturated carbocycles. The smallest absolute Gasteiger partial charge is 0.191 e. The summed E-state index contributed by atoms with van der Waals surface area (Å²) < 4.78 is 5.46. The second kappa shape index (κ2) is 10.4. The predicted octanol–water partition coefficient (Wildman–Crippen LogP) is 3.38. The van der Waals surface area contributed by atoms with Crippen LogP contribution >= 0.6 is 0 Å². The normalized spacial score (nSPS) is 20.2. The van der Waals surface area contributed by atoms with Crippen molar-refractivity contribution in [1.82, 2.24) is 20.7 Å². The number of aliphatic imine (C=N–C) groups is 1. The third-order valence-corrected chi connectivity index (χ3v) is 5.84. The lowest BCUT2D eigenvalue weighted by Gasteiger charge is -2.21. The molecular formula is C23H35N5O. The Morgan fingerprint density at radius 1 is 1.21 bits per heavy atom. The van der Waals surface area contributed by atoms with Crippen LogP contribution in [0.3, 0.4) is 0 Å². The van der Waals surface area contributed by atoms with E-state index in [2.05, 4.69) is 76.8 Å². The summed E-state index contributed by atoms with van der Waals surface area (Å²) in [6.07, 6.45) is 2.94. The fraction of sp³-hybridized carbons (Fsp3) is 0.565. The highest BCUT2D eigenvalue weighted by atomic mass is 16.5. The Morgan fingerprint density at radius 3 is 2.69 bits per heavy atom. The molecule has 2 aromatic rings. The Labute approximate surface area is 174 Å². The van der Waals surface area contributed by atoms with Crippen LogP contribution in [-0.2, 0) is 25.9 Å². The van der Waals surface area contributed by atoms with E-state index in [4.69, 9.17) is 4.52 Å². The first kappa shape index (κ1) is 21.4. The summed E-state index contributed by atoms with van der Waals surface area (Å²) >= 11 is 0. The molecule has 0 aliphatic carbocycles. The van der Waals surface area contributed by atoms with Crippen molar-refractivity contribution in [2.24, 2.45) is 10.9 Å². The molecule has 2 N–H and O–H groups in total. The van der Waals surface area contributed by atoms with Crippen LogP contribution in [0.1, 0.15) is 49.8 Å². The van der Waals surface area contributed by atoms with Crippen molar-refractivity contribution < 1.29 is 4.52 Å². The maximum Gasteiger partial charge on any atom is 0.191 e. The zero-order valence-electron chi connectivity index (χ0n) is 18.2. The Balaban J connectivity index is 1.48. The fourth-order valence-electron chi connectivity index (χ4n) is 4.18. The van der Waals surface area contributed by atoms with Crippen LogP contribution in [-0.4, -0.2) is 42.2 Å². The second-order valence-electron chi connectivity index (χ2n) is 7.91. The molecule has 2 atom stereocenters. The highest BCUT2D eigenvalue weighted by Crippen LogP contribution is 2.24. The highest BCUT2D eigenvalue weighted by molar-refractivity contribution is 5.79. The molecule has 0 amide bonds. The van der Waals surface area contributed by atoms with Crippen molar-refractivity contribution in [3.05, 3.63) is 52.9 Å². The van der Waals surface area contributed by atoms with Crippen LogP contribution < -0.4 is 10.6 Å². The van der Waals surface area contributed by atoms with Gasteiger partial charge in [-0.05, 0) is 31.2 Å². The van der Waals surface area contributed by atoms with Gasteiger partial charge in [-0.2, -0.15) is 0 Å². The zero-order chi connectivity index (χ0) is 20.6. The molecule has 1 saturated heterocycles. The molecule has 29 heavy (non-hydrogen) atoms. The predicted molar refractivity (Wildman–Crippen MR) is 118 cm³/mol. The lowest BCUT2D eigenvalue weighted by atomic mass is 10.1. The molecule has 1 aromatic heterocycles. The molecule has 0 radical (unpaired) electrons. The van der Waals surface area contributed by atoms with Crippen LogP contribution in [0.15, 0.2) is 39.8 Å². The van der Waals surface area contributed by atoms with Gasteiger partial charge in [0.2, 0.25) is 0 Å². The Morgan fingerprint density at radius 2 is 2.00 bits per heavy atom. The largest absolute Gasteiger partial charge is 0.361 e. The van der Waals surface area contributed by atoms with Gasteiger partial charge in [-0.25, -0.2) is 0 Å². The molecular weight excluding hydrogens is 362 g/mol. The SMILES string of the molecule is CCc1noc(CC)c1CNC(=NC)NCC1CC(C)N(Cc2ccccc2)C1. The number of aromatic nitrogens is 1.